The normalized spacial score (nSPS) is 11.1. The van der Waals surface area contributed by atoms with E-state index in [1.165, 1.54) is 18.2 Å². The van der Waals surface area contributed by atoms with E-state index in [1.807, 2.05) is 42.5 Å². The third-order valence-electron chi connectivity index (χ3n) is 4.67. The minimum absolute atomic E-state index is 0.0264. The van der Waals surface area contributed by atoms with Gasteiger partial charge in [0.15, 0.2) is 0 Å². The fourth-order valence-corrected chi connectivity index (χ4v) is 3.14. The van der Waals surface area contributed by atoms with E-state index in [-0.39, 0.29) is 11.1 Å². The monoisotopic (exact) mass is 407 g/mol. The van der Waals surface area contributed by atoms with E-state index >= 15 is 0 Å². The SMILES string of the molecule is N#C/C(=C\c1ccc(-c2cccc(C(=O)[O-])c2)o1)C(=O)Nc1ccc2ccccc2c1. The Bertz CT molecular complexity index is 1380. The highest BCUT2D eigenvalue weighted by Crippen LogP contribution is 2.25. The molecule has 1 heterocycles. The minimum atomic E-state index is -1.29. The second-order valence-electron chi connectivity index (χ2n) is 6.76. The van der Waals surface area contributed by atoms with Crippen LogP contribution in [0, 0.1) is 11.3 Å². The molecule has 1 N–H and O–H groups in total. The Labute approximate surface area is 177 Å². The van der Waals surface area contributed by atoms with Crippen molar-refractivity contribution in [2.24, 2.45) is 0 Å². The maximum atomic E-state index is 12.6. The molecule has 0 spiro atoms. The van der Waals surface area contributed by atoms with Gasteiger partial charge in [-0.05, 0) is 46.7 Å². The van der Waals surface area contributed by atoms with Gasteiger partial charge >= 0.3 is 0 Å². The third-order valence-corrected chi connectivity index (χ3v) is 4.67. The van der Waals surface area contributed by atoms with Gasteiger partial charge in [-0.2, -0.15) is 5.26 Å². The molecule has 6 heteroatoms. The highest BCUT2D eigenvalue weighted by molar-refractivity contribution is 6.10. The van der Waals surface area contributed by atoms with Gasteiger partial charge in [-0.3, -0.25) is 4.79 Å². The summed E-state index contributed by atoms with van der Waals surface area (Å²) < 4.78 is 5.67. The number of nitrogens with zero attached hydrogens (tertiary/aromatic N) is 1. The first kappa shape index (κ1) is 19.7. The predicted octanol–water partition coefficient (Wildman–Crippen LogP) is 4.01. The van der Waals surface area contributed by atoms with Gasteiger partial charge in [-0.15, -0.1) is 0 Å². The summed E-state index contributed by atoms with van der Waals surface area (Å²) in [6.45, 7) is 0. The average molecular weight is 407 g/mol. The van der Waals surface area contributed by atoms with E-state index in [1.54, 1.807) is 30.3 Å². The fourth-order valence-electron chi connectivity index (χ4n) is 3.14. The van der Waals surface area contributed by atoms with Crippen molar-refractivity contribution in [2.45, 2.75) is 0 Å². The van der Waals surface area contributed by atoms with Crippen LogP contribution in [-0.4, -0.2) is 11.9 Å². The smallest absolute Gasteiger partial charge is 0.266 e. The molecule has 0 bridgehead atoms. The number of rotatable bonds is 5. The minimum Gasteiger partial charge on any atom is -0.545 e. The van der Waals surface area contributed by atoms with Crippen molar-refractivity contribution < 1.29 is 19.1 Å². The van der Waals surface area contributed by atoms with Crippen LogP contribution in [0.1, 0.15) is 16.1 Å². The van der Waals surface area contributed by atoms with Gasteiger partial charge in [0.25, 0.3) is 5.91 Å². The van der Waals surface area contributed by atoms with E-state index in [0.717, 1.165) is 10.8 Å². The molecule has 0 aliphatic rings. The highest BCUT2D eigenvalue weighted by atomic mass is 16.4. The maximum Gasteiger partial charge on any atom is 0.266 e. The number of carboxylic acid groups (broad SMARTS) is 1. The van der Waals surface area contributed by atoms with Crippen molar-refractivity contribution in [3.63, 3.8) is 0 Å². The molecule has 1 aromatic heterocycles. The Morgan fingerprint density at radius 3 is 2.52 bits per heavy atom. The number of benzene rings is 3. The lowest BCUT2D eigenvalue weighted by Gasteiger charge is -2.06. The summed E-state index contributed by atoms with van der Waals surface area (Å²) >= 11 is 0. The molecule has 0 saturated heterocycles. The highest BCUT2D eigenvalue weighted by Gasteiger charge is 2.12. The molecule has 0 fully saturated rings. The van der Waals surface area contributed by atoms with Crippen molar-refractivity contribution >= 4 is 34.4 Å². The summed E-state index contributed by atoms with van der Waals surface area (Å²) in [4.78, 5) is 23.6. The number of aromatic carboxylic acids is 1. The first-order valence-corrected chi connectivity index (χ1v) is 9.37. The van der Waals surface area contributed by atoms with Gasteiger partial charge in [0.05, 0.1) is 5.97 Å². The Morgan fingerprint density at radius 1 is 0.935 bits per heavy atom. The second kappa shape index (κ2) is 8.39. The van der Waals surface area contributed by atoms with Gasteiger partial charge in [-0.1, -0.05) is 48.5 Å². The predicted molar refractivity (Wildman–Crippen MR) is 115 cm³/mol. The standard InChI is InChI=1S/C25H16N2O4/c26-15-20(24(28)27-21-9-8-16-4-1-2-5-17(16)13-21)14-22-10-11-23(31-22)18-6-3-7-19(12-18)25(29)30/h1-14H,(H,27,28)(H,29,30)/p-1/b20-14+. The number of fused-ring (bicyclic) bond motifs is 1. The van der Waals surface area contributed by atoms with Gasteiger partial charge in [-0.25, -0.2) is 0 Å². The molecule has 0 aliphatic heterocycles. The van der Waals surface area contributed by atoms with Crippen LogP contribution in [0.4, 0.5) is 5.69 Å². The van der Waals surface area contributed by atoms with E-state index in [0.29, 0.717) is 22.8 Å². The molecule has 150 valence electrons. The van der Waals surface area contributed by atoms with Crippen molar-refractivity contribution in [2.75, 3.05) is 5.32 Å². The van der Waals surface area contributed by atoms with Gasteiger partial charge in [0, 0.05) is 17.3 Å². The number of amides is 1. The lowest BCUT2D eigenvalue weighted by Crippen LogP contribution is -2.22. The van der Waals surface area contributed by atoms with Crippen LogP contribution < -0.4 is 10.4 Å². The summed E-state index contributed by atoms with van der Waals surface area (Å²) in [5.74, 6) is -1.15. The molecule has 0 atom stereocenters. The second-order valence-corrected chi connectivity index (χ2v) is 6.76. The zero-order chi connectivity index (χ0) is 21.8. The van der Waals surface area contributed by atoms with Crippen molar-refractivity contribution in [3.05, 3.63) is 95.8 Å². The zero-order valence-corrected chi connectivity index (χ0v) is 16.2. The molecule has 6 nitrogen and oxygen atoms in total. The van der Waals surface area contributed by atoms with E-state index in [9.17, 15) is 20.0 Å². The maximum absolute atomic E-state index is 12.6. The number of carboxylic acids is 1. The zero-order valence-electron chi connectivity index (χ0n) is 16.2. The van der Waals surface area contributed by atoms with E-state index < -0.39 is 11.9 Å². The number of nitrogens with one attached hydrogen (secondary N) is 1. The largest absolute Gasteiger partial charge is 0.545 e. The Balaban J connectivity index is 1.55. The number of furan rings is 1. The number of hydrogen-bond donors (Lipinski definition) is 1. The summed E-state index contributed by atoms with van der Waals surface area (Å²) in [6.07, 6.45) is 1.34. The number of nitriles is 1. The first-order chi connectivity index (χ1) is 15.0. The van der Waals surface area contributed by atoms with Gasteiger partial charge in [0.2, 0.25) is 0 Å². The molecule has 31 heavy (non-hydrogen) atoms. The fraction of sp³-hybridized carbons (Fsp3) is 0. The lowest BCUT2D eigenvalue weighted by atomic mass is 10.1. The lowest BCUT2D eigenvalue weighted by molar-refractivity contribution is -0.255. The molecule has 0 radical (unpaired) electrons. The summed E-state index contributed by atoms with van der Waals surface area (Å²) in [7, 11) is 0. The summed E-state index contributed by atoms with van der Waals surface area (Å²) in [5, 5.41) is 25.2. The molecular weight excluding hydrogens is 392 g/mol. The van der Waals surface area contributed by atoms with Crippen molar-refractivity contribution in [1.29, 1.82) is 5.26 Å². The molecule has 0 unspecified atom stereocenters. The number of hydrogen-bond acceptors (Lipinski definition) is 5. The summed E-state index contributed by atoms with van der Waals surface area (Å²) in [6, 6.07) is 24.5. The van der Waals surface area contributed by atoms with Crippen LogP contribution in [0.2, 0.25) is 0 Å². The topological polar surface area (TPSA) is 106 Å². The third kappa shape index (κ3) is 4.36. The molecule has 0 saturated carbocycles. The van der Waals surface area contributed by atoms with Crippen LogP contribution in [0.3, 0.4) is 0 Å². The quantitative estimate of drug-likeness (QED) is 0.397. The Morgan fingerprint density at radius 2 is 1.74 bits per heavy atom. The van der Waals surface area contributed by atoms with Crippen LogP contribution in [-0.2, 0) is 4.79 Å². The van der Waals surface area contributed by atoms with Gasteiger partial charge in [0.1, 0.15) is 23.2 Å². The Hall–Kier alpha value is -4.63. The average Bonchev–Trinajstić information content (AvgIpc) is 3.26. The number of carbonyl (C=O) groups is 2. The number of anilines is 1. The molecular formula is C25H15N2O4-. The molecule has 3 aromatic carbocycles. The van der Waals surface area contributed by atoms with Crippen molar-refractivity contribution in [1.82, 2.24) is 0 Å². The van der Waals surface area contributed by atoms with Crippen LogP contribution in [0.25, 0.3) is 28.2 Å². The first-order valence-electron chi connectivity index (χ1n) is 9.37. The van der Waals surface area contributed by atoms with Crippen LogP contribution >= 0.6 is 0 Å². The van der Waals surface area contributed by atoms with E-state index in [4.69, 9.17) is 4.42 Å². The molecule has 0 aliphatic carbocycles. The van der Waals surface area contributed by atoms with Crippen LogP contribution in [0.15, 0.2) is 88.9 Å². The van der Waals surface area contributed by atoms with Crippen LogP contribution in [0.5, 0.6) is 0 Å². The summed E-state index contributed by atoms with van der Waals surface area (Å²) in [5.41, 5.74) is 1.01. The Kier molecular flexibility index (Phi) is 5.33. The molecule has 4 rings (SSSR count). The van der Waals surface area contributed by atoms with E-state index in [2.05, 4.69) is 5.32 Å². The van der Waals surface area contributed by atoms with Gasteiger partial charge < -0.3 is 19.6 Å². The molecule has 4 aromatic rings. The molecule has 1 amide bonds. The number of carbonyl (C=O) groups excluding carboxylic acids is 2. The van der Waals surface area contributed by atoms with Crippen molar-refractivity contribution in [3.8, 4) is 17.4 Å².